The monoisotopic (exact) mass is 622 g/mol. The molecule has 0 heterocycles. The van der Waals surface area contributed by atoms with Crippen molar-refractivity contribution in [3.05, 3.63) is 69.8 Å². The molecule has 0 unspecified atom stereocenters. The molecule has 0 amide bonds. The molecule has 0 aliphatic heterocycles. The van der Waals surface area contributed by atoms with E-state index in [1.54, 1.807) is 0 Å². The van der Waals surface area contributed by atoms with Gasteiger partial charge >= 0.3 is 50.9 Å². The molecule has 128 valence electrons. The number of hydrogen-bond donors (Lipinski definition) is 0. The molecular formula is C21H26I2Zr. The van der Waals surface area contributed by atoms with Crippen molar-refractivity contribution in [1.29, 1.82) is 0 Å². The number of halogens is 2. The molecular weight excluding hydrogens is 597 g/mol. The summed E-state index contributed by atoms with van der Waals surface area (Å²) < 4.78 is 0. The molecule has 0 bridgehead atoms. The topological polar surface area (TPSA) is 0 Å². The molecule has 3 aromatic rings. The van der Waals surface area contributed by atoms with E-state index in [2.05, 4.69) is 114 Å². The number of hydrogen-bond acceptors (Lipinski definition) is 0. The predicted octanol–water partition coefficient (Wildman–Crippen LogP) is 7.84. The van der Waals surface area contributed by atoms with Crippen molar-refractivity contribution in [2.75, 3.05) is 0 Å². The summed E-state index contributed by atoms with van der Waals surface area (Å²) in [6.45, 7) is 13.2. The molecule has 0 aliphatic carbocycles. The second-order valence-corrected chi connectivity index (χ2v) is 25.0. The maximum absolute atomic E-state index is 2.45. The van der Waals surface area contributed by atoms with Crippen LogP contribution in [0.1, 0.15) is 40.3 Å². The molecule has 0 radical (unpaired) electrons. The molecule has 0 spiro atoms. The molecule has 3 rings (SSSR count). The number of fused-ring (bicyclic) bond motifs is 1. The van der Waals surface area contributed by atoms with Crippen LogP contribution < -0.4 is 0 Å². The summed E-state index contributed by atoms with van der Waals surface area (Å²) in [6.07, 6.45) is 1.13. The van der Waals surface area contributed by atoms with Crippen LogP contribution >= 0.6 is 36.1 Å². The summed E-state index contributed by atoms with van der Waals surface area (Å²) in [6, 6.07) is 13.0. The average Bonchev–Trinajstić information content (AvgIpc) is 3.08. The van der Waals surface area contributed by atoms with Crippen LogP contribution in [0.3, 0.4) is 0 Å². The zero-order valence-electron chi connectivity index (χ0n) is 15.4. The van der Waals surface area contributed by atoms with E-state index < -0.39 is 0 Å². The molecule has 3 heteroatoms. The van der Waals surface area contributed by atoms with Crippen molar-refractivity contribution in [3.63, 3.8) is 0 Å². The minimum absolute atomic E-state index is 0.170. The Morgan fingerprint density at radius 1 is 1.00 bits per heavy atom. The summed E-state index contributed by atoms with van der Waals surface area (Å²) in [5.41, 5.74) is 8.77. The third-order valence-electron chi connectivity index (χ3n) is 4.90. The van der Waals surface area contributed by atoms with Crippen molar-refractivity contribution in [1.82, 2.24) is 0 Å². The summed E-state index contributed by atoms with van der Waals surface area (Å²) in [4.78, 5) is 0. The normalized spacial score (nSPS) is 9.67. The second kappa shape index (κ2) is 11.3. The van der Waals surface area contributed by atoms with Gasteiger partial charge in [-0.3, -0.25) is 0 Å². The van der Waals surface area contributed by atoms with Gasteiger partial charge in [-0.15, -0.1) is 40.6 Å². The average molecular weight is 623 g/mol. The molecule has 0 aromatic heterocycles. The van der Waals surface area contributed by atoms with Gasteiger partial charge in [0.2, 0.25) is 0 Å². The first-order valence-corrected chi connectivity index (χ1v) is 22.8. The van der Waals surface area contributed by atoms with E-state index >= 15 is 0 Å². The first kappa shape index (κ1) is 22.6. The Bertz CT molecular complexity index is 652. The Hall–Kier alpha value is 0.523. The zero-order valence-corrected chi connectivity index (χ0v) is 22.2. The van der Waals surface area contributed by atoms with Gasteiger partial charge < -0.3 is 0 Å². The van der Waals surface area contributed by atoms with Gasteiger partial charge in [-0.2, -0.15) is 33.9 Å². The Morgan fingerprint density at radius 2 is 1.50 bits per heavy atom. The first-order chi connectivity index (χ1) is 11.4. The Balaban J connectivity index is 0.000000208. The fraction of sp³-hybridized carbons (Fsp3) is 0.333. The summed E-state index contributed by atoms with van der Waals surface area (Å²) in [7, 11) is 0. The van der Waals surface area contributed by atoms with Crippen molar-refractivity contribution in [2.24, 2.45) is 0 Å². The van der Waals surface area contributed by atoms with E-state index in [9.17, 15) is 0 Å². The SMILES string of the molecule is CCc1cc2ccccc2[cH-]1.Cc1c(C)c(C)[c-](C)c1C.[I][Zr+2][I]. The van der Waals surface area contributed by atoms with Gasteiger partial charge in [0.15, 0.2) is 0 Å². The van der Waals surface area contributed by atoms with Gasteiger partial charge in [-0.25, -0.2) is 0 Å². The van der Waals surface area contributed by atoms with E-state index in [4.69, 9.17) is 0 Å². The van der Waals surface area contributed by atoms with Gasteiger partial charge in [0.25, 0.3) is 0 Å². The van der Waals surface area contributed by atoms with Crippen molar-refractivity contribution in [3.8, 4) is 0 Å². The molecule has 0 atom stereocenters. The fourth-order valence-electron chi connectivity index (χ4n) is 2.83. The van der Waals surface area contributed by atoms with Crippen LogP contribution in [-0.4, -0.2) is 0 Å². The van der Waals surface area contributed by atoms with Crippen molar-refractivity contribution in [2.45, 2.75) is 48.0 Å². The standard InChI is InChI=1S/C11H11.C10H15.2HI.Zr/c1-2-9-7-10-5-3-4-6-11(10)8-9;1-6-7(2)9(4)10(5)8(6)3;;;/h3-8H,2H2,1H3;1-5H3;2*1H;/q2*-1;;;+4/p-2. The number of rotatable bonds is 1. The van der Waals surface area contributed by atoms with E-state index in [0.29, 0.717) is 0 Å². The van der Waals surface area contributed by atoms with E-state index in [0.717, 1.165) is 6.42 Å². The number of benzene rings is 1. The maximum atomic E-state index is 2.45. The third kappa shape index (κ3) is 6.05. The Labute approximate surface area is 177 Å². The van der Waals surface area contributed by atoms with Crippen LogP contribution in [0.25, 0.3) is 10.8 Å². The minimum atomic E-state index is 0.170. The van der Waals surface area contributed by atoms with Gasteiger partial charge in [-0.05, 0) is 6.42 Å². The molecule has 24 heavy (non-hydrogen) atoms. The molecule has 0 saturated heterocycles. The van der Waals surface area contributed by atoms with Crippen LogP contribution in [0.15, 0.2) is 36.4 Å². The van der Waals surface area contributed by atoms with Crippen molar-refractivity contribution < 1.29 is 14.9 Å². The first-order valence-electron chi connectivity index (χ1n) is 8.17. The van der Waals surface area contributed by atoms with Gasteiger partial charge in [0.1, 0.15) is 0 Å². The van der Waals surface area contributed by atoms with Crippen LogP contribution in [0.2, 0.25) is 0 Å². The number of aryl methyl sites for hydroxylation is 1. The predicted molar refractivity (Wildman–Crippen MR) is 123 cm³/mol. The molecule has 0 fully saturated rings. The Morgan fingerprint density at radius 3 is 1.88 bits per heavy atom. The van der Waals surface area contributed by atoms with Crippen molar-refractivity contribution >= 4 is 46.9 Å². The molecule has 0 saturated carbocycles. The van der Waals surface area contributed by atoms with Crippen LogP contribution in [0.4, 0.5) is 0 Å². The van der Waals surface area contributed by atoms with E-state index in [1.807, 2.05) is 0 Å². The Kier molecular flexibility index (Phi) is 10.6. The van der Waals surface area contributed by atoms with Gasteiger partial charge in [0.05, 0.1) is 0 Å². The molecule has 3 aromatic carbocycles. The van der Waals surface area contributed by atoms with Crippen LogP contribution in [0, 0.1) is 34.6 Å². The molecule has 0 nitrogen and oxygen atoms in total. The summed E-state index contributed by atoms with van der Waals surface area (Å²) in [5.74, 6) is 0. The fourth-order valence-corrected chi connectivity index (χ4v) is 2.83. The molecule has 0 aliphatic rings. The van der Waals surface area contributed by atoms with Crippen LogP contribution in [-0.2, 0) is 21.3 Å². The summed E-state index contributed by atoms with van der Waals surface area (Å²) in [5, 5.41) is 2.73. The summed E-state index contributed by atoms with van der Waals surface area (Å²) >= 11 is 5.06. The van der Waals surface area contributed by atoms with Crippen LogP contribution in [0.5, 0.6) is 0 Å². The zero-order chi connectivity index (χ0) is 18.3. The van der Waals surface area contributed by atoms with Gasteiger partial charge in [0, 0.05) is 0 Å². The third-order valence-corrected chi connectivity index (χ3v) is 4.90. The van der Waals surface area contributed by atoms with Gasteiger partial charge in [-0.1, -0.05) is 47.6 Å². The van der Waals surface area contributed by atoms with E-state index in [-0.39, 0.29) is 14.9 Å². The van der Waals surface area contributed by atoms with E-state index in [1.165, 1.54) is 44.2 Å². The molecule has 0 N–H and O–H groups in total. The quantitative estimate of drug-likeness (QED) is 0.192. The second-order valence-electron chi connectivity index (χ2n) is 6.04.